The van der Waals surface area contributed by atoms with Crippen LogP contribution in [0.15, 0.2) is 48.6 Å². The van der Waals surface area contributed by atoms with Crippen molar-refractivity contribution in [1.82, 2.24) is 13.9 Å². The lowest BCUT2D eigenvalue weighted by Gasteiger charge is -2.45. The van der Waals surface area contributed by atoms with E-state index in [0.717, 1.165) is 42.1 Å². The lowest BCUT2D eigenvalue weighted by Crippen LogP contribution is -2.52. The van der Waals surface area contributed by atoms with Crippen molar-refractivity contribution in [2.45, 2.75) is 68.5 Å². The molecule has 0 aromatic heterocycles. The molecule has 2 aromatic rings. The minimum absolute atomic E-state index is 0.0930. The molecule has 50 heavy (non-hydrogen) atoms. The van der Waals surface area contributed by atoms with Crippen LogP contribution in [0.5, 0.6) is 5.75 Å². The molecule has 0 unspecified atom stereocenters. The van der Waals surface area contributed by atoms with Crippen LogP contribution in [-0.4, -0.2) is 95.1 Å². The first kappa shape index (κ1) is 36.6. The van der Waals surface area contributed by atoms with Gasteiger partial charge < -0.3 is 24.4 Å². The number of aryl methyl sites for hydroxylation is 1. The van der Waals surface area contributed by atoms with E-state index in [4.69, 9.17) is 21.1 Å². The van der Waals surface area contributed by atoms with Gasteiger partial charge in [-0.05, 0) is 97.7 Å². The number of hydrogen-bond donors (Lipinski definition) is 2. The molecular weight excluding hydrogens is 680 g/mol. The average molecular weight is 729 g/mol. The summed E-state index contributed by atoms with van der Waals surface area (Å²) in [5.41, 5.74) is 1.17. The third kappa shape index (κ3) is 7.01. The Balaban J connectivity index is 1.49. The Morgan fingerprint density at radius 3 is 2.68 bits per heavy atom. The van der Waals surface area contributed by atoms with Crippen molar-refractivity contribution in [3.63, 3.8) is 0 Å². The Morgan fingerprint density at radius 2 is 1.96 bits per heavy atom. The first-order valence-electron chi connectivity index (χ1n) is 17.5. The van der Waals surface area contributed by atoms with Gasteiger partial charge in [-0.1, -0.05) is 35.9 Å². The lowest BCUT2D eigenvalue weighted by molar-refractivity contribution is -0.152. The Morgan fingerprint density at radius 1 is 1.16 bits per heavy atom. The van der Waals surface area contributed by atoms with Gasteiger partial charge >= 0.3 is 10.2 Å². The zero-order valence-corrected chi connectivity index (χ0v) is 30.9. The minimum atomic E-state index is -4.22. The molecule has 272 valence electrons. The number of fused-ring (bicyclic) bond motifs is 4. The van der Waals surface area contributed by atoms with E-state index in [0.29, 0.717) is 55.4 Å². The Bertz CT molecular complexity index is 1750. The van der Waals surface area contributed by atoms with Gasteiger partial charge in [0, 0.05) is 58.3 Å². The summed E-state index contributed by atoms with van der Waals surface area (Å²) in [7, 11) is 1.40. The van der Waals surface area contributed by atoms with Crippen molar-refractivity contribution in [2.75, 3.05) is 59.4 Å². The molecule has 0 radical (unpaired) electrons. The predicted octanol–water partition coefficient (Wildman–Crippen LogP) is 4.16. The van der Waals surface area contributed by atoms with Crippen molar-refractivity contribution in [1.29, 1.82) is 0 Å². The van der Waals surface area contributed by atoms with Gasteiger partial charge in [-0.3, -0.25) is 9.59 Å². The number of benzene rings is 2. The number of nitrogens with one attached hydrogen (secondary N) is 1. The summed E-state index contributed by atoms with van der Waals surface area (Å²) in [5.74, 6) is -0.422. The molecule has 6 rings (SSSR count). The predicted molar refractivity (Wildman–Crippen MR) is 193 cm³/mol. The minimum Gasteiger partial charge on any atom is -0.490 e. The number of carbonyl (C=O) groups excluding carboxylic acids is 2. The van der Waals surface area contributed by atoms with Crippen LogP contribution in [0.25, 0.3) is 0 Å². The normalized spacial score (nSPS) is 28.9. The maximum absolute atomic E-state index is 14.2. The fourth-order valence-electron chi connectivity index (χ4n) is 8.10. The van der Waals surface area contributed by atoms with Gasteiger partial charge in [-0.25, -0.2) is 4.72 Å². The molecule has 13 heteroatoms. The van der Waals surface area contributed by atoms with E-state index in [2.05, 4.69) is 21.8 Å². The number of amides is 2. The third-order valence-electron chi connectivity index (χ3n) is 11.3. The van der Waals surface area contributed by atoms with Crippen molar-refractivity contribution >= 4 is 39.3 Å². The molecule has 5 atom stereocenters. The van der Waals surface area contributed by atoms with Gasteiger partial charge in [0.25, 0.3) is 5.91 Å². The Hall–Kier alpha value is -3.16. The van der Waals surface area contributed by atoms with E-state index in [9.17, 15) is 23.1 Å². The van der Waals surface area contributed by atoms with Crippen LogP contribution in [0, 0.1) is 11.8 Å². The second-order valence-corrected chi connectivity index (χ2v) is 16.9. The van der Waals surface area contributed by atoms with Gasteiger partial charge in [0.05, 0.1) is 24.8 Å². The number of halogens is 1. The molecule has 1 fully saturated rings. The summed E-state index contributed by atoms with van der Waals surface area (Å²) < 4.78 is 41.6. The van der Waals surface area contributed by atoms with Crippen molar-refractivity contribution < 1.29 is 32.6 Å². The summed E-state index contributed by atoms with van der Waals surface area (Å²) in [6.07, 6.45) is 8.90. The van der Waals surface area contributed by atoms with Crippen molar-refractivity contribution in [3.05, 3.63) is 70.3 Å². The molecule has 2 aromatic carbocycles. The zero-order valence-electron chi connectivity index (χ0n) is 29.4. The first-order valence-corrected chi connectivity index (χ1v) is 19.3. The summed E-state index contributed by atoms with van der Waals surface area (Å²) >= 11 is 6.45. The monoisotopic (exact) mass is 728 g/mol. The van der Waals surface area contributed by atoms with Crippen LogP contribution >= 0.6 is 11.6 Å². The molecule has 4 aliphatic rings. The molecule has 2 bridgehead atoms. The highest BCUT2D eigenvalue weighted by Gasteiger charge is 2.48. The quantitative estimate of drug-likeness (QED) is 0.450. The topological polar surface area (TPSA) is 129 Å². The highest BCUT2D eigenvalue weighted by molar-refractivity contribution is 7.87. The second-order valence-electron chi connectivity index (χ2n) is 14.6. The summed E-state index contributed by atoms with van der Waals surface area (Å²) in [6.45, 7) is 2.10. The number of ether oxygens (including phenoxy) is 2. The number of anilines is 1. The maximum Gasteiger partial charge on any atom is 0.303 e. The van der Waals surface area contributed by atoms with E-state index in [1.54, 1.807) is 19.2 Å². The number of allylic oxidation sites excluding steroid dienone is 1. The number of nitrogens with zero attached hydrogens (tertiary/aromatic N) is 3. The van der Waals surface area contributed by atoms with Crippen molar-refractivity contribution in [2.24, 2.45) is 11.8 Å². The first-order chi connectivity index (χ1) is 23.8. The SMILES string of the molecule is CO[C@@]1(C(=O)NS(=O)(=O)N(C)C)CC(=O)N(C)CCCC=C[C@H](O)[C@@H]2CC[C@H]2CN2C[C@@]3(CCCc4cc(Cl)ccc43)COc3ccc1cc32. The molecule has 2 heterocycles. The van der Waals surface area contributed by atoms with Crippen LogP contribution in [0.3, 0.4) is 0 Å². The Labute approximate surface area is 300 Å². The van der Waals surface area contributed by atoms with Crippen molar-refractivity contribution in [3.8, 4) is 5.75 Å². The standard InChI is InChI=1S/C37H49ClN4O7S/c1-40(2)50(46,47)39-35(45)37(48-4)21-34(44)41(3)18-7-5-6-10-32(43)29-14-11-26(29)22-42-23-36(24-49-33-16-12-27(37)20-31(33)42)17-8-9-25-19-28(38)13-15-30(25)36/h6,10,12-13,15-16,19-20,26,29,32,43H,5,7-9,11,14,17-18,21-24H2,1-4H3,(H,39,45)/t26-,29+,32-,36-,37-/m0/s1. The van der Waals surface area contributed by atoms with Crippen LogP contribution in [-0.2, 0) is 42.0 Å². The number of carbonyl (C=O) groups is 2. The molecule has 2 amide bonds. The number of hydrogen-bond acceptors (Lipinski definition) is 8. The lowest BCUT2D eigenvalue weighted by atomic mass is 9.68. The maximum atomic E-state index is 14.2. The smallest absolute Gasteiger partial charge is 0.303 e. The zero-order chi connectivity index (χ0) is 35.8. The van der Waals surface area contributed by atoms with Crippen LogP contribution in [0.1, 0.15) is 61.6 Å². The van der Waals surface area contributed by atoms with E-state index in [1.807, 2.05) is 24.3 Å². The molecule has 2 aliphatic carbocycles. The van der Waals surface area contributed by atoms with E-state index in [-0.39, 0.29) is 23.2 Å². The molecule has 1 spiro atoms. The number of rotatable bonds is 4. The summed E-state index contributed by atoms with van der Waals surface area (Å²) in [6, 6.07) is 11.4. The van der Waals surface area contributed by atoms with E-state index < -0.39 is 34.2 Å². The van der Waals surface area contributed by atoms with Crippen LogP contribution in [0.2, 0.25) is 5.02 Å². The van der Waals surface area contributed by atoms with Gasteiger partial charge in [0.15, 0.2) is 5.60 Å². The molecular formula is C37H49ClN4O7S. The summed E-state index contributed by atoms with van der Waals surface area (Å²) in [5, 5.41) is 11.9. The molecule has 2 aliphatic heterocycles. The van der Waals surface area contributed by atoms with Crippen LogP contribution < -0.4 is 14.4 Å². The fraction of sp³-hybridized carbons (Fsp3) is 0.568. The van der Waals surface area contributed by atoms with Crippen LogP contribution in [0.4, 0.5) is 5.69 Å². The third-order valence-corrected chi connectivity index (χ3v) is 13.0. The highest BCUT2D eigenvalue weighted by Crippen LogP contribution is 2.48. The van der Waals surface area contributed by atoms with E-state index >= 15 is 0 Å². The summed E-state index contributed by atoms with van der Waals surface area (Å²) in [4.78, 5) is 31.8. The fourth-order valence-corrected chi connectivity index (χ4v) is 8.88. The number of methoxy groups -OCH3 is 1. The number of aliphatic hydroxyl groups is 1. The highest BCUT2D eigenvalue weighted by atomic mass is 35.5. The molecule has 1 saturated carbocycles. The molecule has 0 saturated heterocycles. The molecule has 11 nitrogen and oxygen atoms in total. The number of aliphatic hydroxyl groups excluding tert-OH is 1. The Kier molecular flexibility index (Phi) is 10.6. The van der Waals surface area contributed by atoms with Gasteiger partial charge in [-0.15, -0.1) is 0 Å². The largest absolute Gasteiger partial charge is 0.490 e. The van der Waals surface area contributed by atoms with Gasteiger partial charge in [0.2, 0.25) is 5.91 Å². The average Bonchev–Trinajstić information content (AvgIpc) is 3.21. The van der Waals surface area contributed by atoms with Gasteiger partial charge in [0.1, 0.15) is 5.75 Å². The van der Waals surface area contributed by atoms with Gasteiger partial charge in [-0.2, -0.15) is 12.7 Å². The second kappa shape index (κ2) is 14.5. The van der Waals surface area contributed by atoms with E-state index in [1.165, 1.54) is 37.2 Å². The molecule has 2 N–H and O–H groups in total.